The zero-order valence-corrected chi connectivity index (χ0v) is 15.5. The number of hydrogen-bond acceptors (Lipinski definition) is 1. The standard InChI is InChI=1S/C24H15ClS/c25-20-10-6-17(7-11-20)19-9-13-24-22(15-19)21-14-18(8-12-23(21)26-24)16-4-2-1-3-5-16/h1-15H. The lowest BCUT2D eigenvalue weighted by atomic mass is 10.0. The van der Waals surface area contributed by atoms with Crippen LogP contribution in [0.2, 0.25) is 5.02 Å². The first-order chi connectivity index (χ1) is 12.8. The highest BCUT2D eigenvalue weighted by atomic mass is 35.5. The van der Waals surface area contributed by atoms with Crippen LogP contribution in [-0.2, 0) is 0 Å². The lowest BCUT2D eigenvalue weighted by Gasteiger charge is -2.04. The molecule has 0 aliphatic rings. The van der Waals surface area contributed by atoms with E-state index in [1.807, 2.05) is 23.5 Å². The predicted molar refractivity (Wildman–Crippen MR) is 115 cm³/mol. The van der Waals surface area contributed by atoms with Gasteiger partial charge in [0.05, 0.1) is 0 Å². The van der Waals surface area contributed by atoms with Crippen LogP contribution in [0.5, 0.6) is 0 Å². The second-order valence-electron chi connectivity index (χ2n) is 6.40. The first kappa shape index (κ1) is 15.6. The number of hydrogen-bond donors (Lipinski definition) is 0. The van der Waals surface area contributed by atoms with Crippen molar-refractivity contribution in [3.8, 4) is 22.3 Å². The fourth-order valence-corrected chi connectivity index (χ4v) is 4.60. The van der Waals surface area contributed by atoms with Crippen molar-refractivity contribution < 1.29 is 0 Å². The van der Waals surface area contributed by atoms with Gasteiger partial charge in [0.15, 0.2) is 0 Å². The predicted octanol–water partition coefficient (Wildman–Crippen LogP) is 8.04. The third kappa shape index (κ3) is 2.70. The van der Waals surface area contributed by atoms with Crippen molar-refractivity contribution in [3.63, 3.8) is 0 Å². The van der Waals surface area contributed by atoms with Crippen molar-refractivity contribution in [2.75, 3.05) is 0 Å². The number of fused-ring (bicyclic) bond motifs is 3. The highest BCUT2D eigenvalue weighted by Gasteiger charge is 2.08. The Morgan fingerprint density at radius 1 is 0.500 bits per heavy atom. The smallest absolute Gasteiger partial charge is 0.0406 e. The molecule has 5 aromatic rings. The van der Waals surface area contributed by atoms with Crippen LogP contribution < -0.4 is 0 Å². The normalized spacial score (nSPS) is 11.3. The molecule has 0 saturated carbocycles. The maximum atomic E-state index is 6.03. The van der Waals surface area contributed by atoms with Gasteiger partial charge in [0.25, 0.3) is 0 Å². The first-order valence-corrected chi connectivity index (χ1v) is 9.75. The van der Waals surface area contributed by atoms with E-state index in [-0.39, 0.29) is 0 Å². The van der Waals surface area contributed by atoms with Crippen molar-refractivity contribution in [2.45, 2.75) is 0 Å². The minimum absolute atomic E-state index is 0.767. The molecule has 0 amide bonds. The number of thiophene rings is 1. The first-order valence-electron chi connectivity index (χ1n) is 8.56. The monoisotopic (exact) mass is 370 g/mol. The summed E-state index contributed by atoms with van der Waals surface area (Å²) in [6, 6.07) is 32.1. The Morgan fingerprint density at radius 3 is 1.58 bits per heavy atom. The Morgan fingerprint density at radius 2 is 1.00 bits per heavy atom. The Hall–Kier alpha value is -2.61. The Bertz CT molecular complexity index is 1220. The molecular weight excluding hydrogens is 356 g/mol. The second-order valence-corrected chi connectivity index (χ2v) is 7.92. The van der Waals surface area contributed by atoms with Crippen LogP contribution in [0.15, 0.2) is 91.0 Å². The quantitative estimate of drug-likeness (QED) is 0.295. The molecule has 0 N–H and O–H groups in total. The van der Waals surface area contributed by atoms with Gasteiger partial charge in [0.1, 0.15) is 0 Å². The van der Waals surface area contributed by atoms with E-state index in [9.17, 15) is 0 Å². The van der Waals surface area contributed by atoms with E-state index < -0.39 is 0 Å². The van der Waals surface area contributed by atoms with Crippen LogP contribution in [-0.4, -0.2) is 0 Å². The molecule has 124 valence electrons. The van der Waals surface area contributed by atoms with E-state index in [1.165, 1.54) is 42.4 Å². The summed E-state index contributed by atoms with van der Waals surface area (Å²) in [5.74, 6) is 0. The molecule has 0 unspecified atom stereocenters. The Balaban J connectivity index is 1.71. The molecule has 0 radical (unpaired) electrons. The van der Waals surface area contributed by atoms with Crippen LogP contribution in [0.3, 0.4) is 0 Å². The molecule has 0 spiro atoms. The van der Waals surface area contributed by atoms with Gasteiger partial charge < -0.3 is 0 Å². The molecule has 0 saturated heterocycles. The van der Waals surface area contributed by atoms with Gasteiger partial charge in [0, 0.05) is 25.2 Å². The summed E-state index contributed by atoms with van der Waals surface area (Å²) < 4.78 is 2.65. The Labute approximate surface area is 161 Å². The van der Waals surface area contributed by atoms with Gasteiger partial charge in [-0.2, -0.15) is 0 Å². The summed E-state index contributed by atoms with van der Waals surface area (Å²) in [5.41, 5.74) is 4.92. The van der Waals surface area contributed by atoms with Crippen LogP contribution in [0.25, 0.3) is 42.4 Å². The van der Waals surface area contributed by atoms with E-state index >= 15 is 0 Å². The molecule has 0 fully saturated rings. The summed E-state index contributed by atoms with van der Waals surface area (Å²) in [4.78, 5) is 0. The van der Waals surface area contributed by atoms with Gasteiger partial charge in [-0.15, -0.1) is 11.3 Å². The third-order valence-electron chi connectivity index (χ3n) is 4.75. The van der Waals surface area contributed by atoms with Crippen LogP contribution in [0.4, 0.5) is 0 Å². The van der Waals surface area contributed by atoms with Gasteiger partial charge in [-0.1, -0.05) is 66.2 Å². The molecule has 5 rings (SSSR count). The summed E-state index contributed by atoms with van der Waals surface area (Å²) in [5, 5.41) is 3.40. The zero-order chi connectivity index (χ0) is 17.5. The topological polar surface area (TPSA) is 0 Å². The van der Waals surface area contributed by atoms with Crippen LogP contribution in [0.1, 0.15) is 0 Å². The van der Waals surface area contributed by atoms with E-state index in [2.05, 4.69) is 78.9 Å². The molecule has 2 heteroatoms. The average Bonchev–Trinajstić information content (AvgIpc) is 3.06. The molecule has 0 aliphatic heterocycles. The molecule has 0 bridgehead atoms. The highest BCUT2D eigenvalue weighted by molar-refractivity contribution is 7.25. The van der Waals surface area contributed by atoms with Crippen molar-refractivity contribution in [2.24, 2.45) is 0 Å². The lowest BCUT2D eigenvalue weighted by Crippen LogP contribution is -1.78. The van der Waals surface area contributed by atoms with E-state index in [4.69, 9.17) is 11.6 Å². The minimum atomic E-state index is 0.767. The van der Waals surface area contributed by atoms with Crippen molar-refractivity contribution in [3.05, 3.63) is 96.0 Å². The number of benzene rings is 4. The van der Waals surface area contributed by atoms with Gasteiger partial charge in [-0.25, -0.2) is 0 Å². The van der Waals surface area contributed by atoms with Gasteiger partial charge >= 0.3 is 0 Å². The molecule has 1 aromatic heterocycles. The number of halogens is 1. The zero-order valence-electron chi connectivity index (χ0n) is 13.9. The fourth-order valence-electron chi connectivity index (χ4n) is 3.41. The maximum absolute atomic E-state index is 6.03. The highest BCUT2D eigenvalue weighted by Crippen LogP contribution is 2.38. The molecule has 0 nitrogen and oxygen atoms in total. The third-order valence-corrected chi connectivity index (χ3v) is 6.16. The average molecular weight is 371 g/mol. The maximum Gasteiger partial charge on any atom is 0.0406 e. The molecule has 0 atom stereocenters. The Kier molecular flexibility index (Phi) is 3.77. The molecule has 4 aromatic carbocycles. The SMILES string of the molecule is Clc1ccc(-c2ccc3sc4ccc(-c5ccccc5)cc4c3c2)cc1. The van der Waals surface area contributed by atoms with Crippen molar-refractivity contribution in [1.29, 1.82) is 0 Å². The van der Waals surface area contributed by atoms with Gasteiger partial charge in [0.2, 0.25) is 0 Å². The molecule has 0 aliphatic carbocycles. The second kappa shape index (κ2) is 6.28. The van der Waals surface area contributed by atoms with E-state index in [0.717, 1.165) is 5.02 Å². The fraction of sp³-hybridized carbons (Fsp3) is 0. The van der Waals surface area contributed by atoms with Crippen LogP contribution in [0, 0.1) is 0 Å². The van der Waals surface area contributed by atoms with Crippen molar-refractivity contribution >= 4 is 43.1 Å². The minimum Gasteiger partial charge on any atom is -0.135 e. The molecular formula is C24H15ClS. The summed E-state index contributed by atoms with van der Waals surface area (Å²) in [6.07, 6.45) is 0. The van der Waals surface area contributed by atoms with Gasteiger partial charge in [-0.05, 0) is 58.7 Å². The van der Waals surface area contributed by atoms with Crippen LogP contribution >= 0.6 is 22.9 Å². The summed E-state index contributed by atoms with van der Waals surface area (Å²) >= 11 is 7.88. The van der Waals surface area contributed by atoms with Gasteiger partial charge in [-0.3, -0.25) is 0 Å². The molecule has 1 heterocycles. The van der Waals surface area contributed by atoms with Crippen molar-refractivity contribution in [1.82, 2.24) is 0 Å². The summed E-state index contributed by atoms with van der Waals surface area (Å²) in [7, 11) is 0. The number of rotatable bonds is 2. The lowest BCUT2D eigenvalue weighted by molar-refractivity contribution is 1.65. The largest absolute Gasteiger partial charge is 0.135 e. The molecule has 26 heavy (non-hydrogen) atoms. The summed E-state index contributed by atoms with van der Waals surface area (Å²) in [6.45, 7) is 0. The van der Waals surface area contributed by atoms with E-state index in [1.54, 1.807) is 0 Å². The van der Waals surface area contributed by atoms with E-state index in [0.29, 0.717) is 0 Å².